The number of amides is 1. The van der Waals surface area contributed by atoms with Crippen molar-refractivity contribution in [2.24, 2.45) is 23.7 Å². The van der Waals surface area contributed by atoms with Gasteiger partial charge in [-0.25, -0.2) is 4.39 Å². The number of carbonyl (C=O) groups is 3. The number of fused-ring (bicyclic) bond motifs is 5. The van der Waals surface area contributed by atoms with Crippen molar-refractivity contribution in [2.75, 3.05) is 6.61 Å². The zero-order chi connectivity index (χ0) is 20.1. The number of rotatable bonds is 5. The van der Waals surface area contributed by atoms with Crippen LogP contribution in [0, 0.1) is 29.5 Å². The van der Waals surface area contributed by atoms with Crippen LogP contribution in [0.4, 0.5) is 4.39 Å². The number of nitrogens with zero attached hydrogens (tertiary/aromatic N) is 1. The molecule has 1 aromatic carbocycles. The molecule has 3 aliphatic rings. The van der Waals surface area contributed by atoms with Gasteiger partial charge in [0.25, 0.3) is 0 Å². The van der Waals surface area contributed by atoms with Crippen LogP contribution in [0.1, 0.15) is 45.1 Å². The minimum Gasteiger partial charge on any atom is -0.465 e. The minimum atomic E-state index is -1.37. The second kappa shape index (κ2) is 6.98. The number of hydrogen-bond donors (Lipinski definition) is 0. The third kappa shape index (κ3) is 2.60. The van der Waals surface area contributed by atoms with Crippen molar-refractivity contribution >= 4 is 17.7 Å². The molecule has 2 aliphatic carbocycles. The lowest BCUT2D eigenvalue weighted by Gasteiger charge is -2.54. The monoisotopic (exact) mass is 387 g/mol. The first-order valence-corrected chi connectivity index (χ1v) is 10.2. The van der Waals surface area contributed by atoms with Gasteiger partial charge in [-0.3, -0.25) is 14.4 Å². The van der Waals surface area contributed by atoms with Crippen LogP contribution in [0.15, 0.2) is 24.3 Å². The first kappa shape index (κ1) is 19.1. The molecule has 3 fully saturated rings. The number of piperidine rings is 1. The van der Waals surface area contributed by atoms with Gasteiger partial charge < -0.3 is 9.64 Å². The molecule has 1 aliphatic heterocycles. The molecule has 0 spiro atoms. The second-order valence-electron chi connectivity index (χ2n) is 8.23. The Bertz CT molecular complexity index is 807. The highest BCUT2D eigenvalue weighted by atomic mass is 19.1. The van der Waals surface area contributed by atoms with Crippen LogP contribution in [0.3, 0.4) is 0 Å². The second-order valence-corrected chi connectivity index (χ2v) is 8.23. The van der Waals surface area contributed by atoms with Crippen LogP contribution in [0.25, 0.3) is 0 Å². The molecule has 5 atom stereocenters. The molecule has 1 aromatic rings. The molecule has 2 bridgehead atoms. The fourth-order valence-corrected chi connectivity index (χ4v) is 6.10. The van der Waals surface area contributed by atoms with E-state index in [2.05, 4.69) is 0 Å². The van der Waals surface area contributed by atoms with E-state index < -0.39 is 23.3 Å². The smallest absolute Gasteiger partial charge is 0.326 e. The quantitative estimate of drug-likeness (QED) is 0.575. The number of halogens is 1. The van der Waals surface area contributed by atoms with E-state index in [-0.39, 0.29) is 42.5 Å². The first-order chi connectivity index (χ1) is 13.4. The van der Waals surface area contributed by atoms with Gasteiger partial charge in [0.15, 0.2) is 11.7 Å². The molecule has 2 saturated carbocycles. The molecule has 28 heavy (non-hydrogen) atoms. The molecule has 5 unspecified atom stereocenters. The highest BCUT2D eigenvalue weighted by Gasteiger charge is 2.68. The Morgan fingerprint density at radius 2 is 1.93 bits per heavy atom. The Kier molecular flexibility index (Phi) is 4.76. The molecule has 0 N–H and O–H groups in total. The van der Waals surface area contributed by atoms with E-state index in [1.165, 1.54) is 12.1 Å². The van der Waals surface area contributed by atoms with Gasteiger partial charge >= 0.3 is 5.97 Å². The molecule has 1 heterocycles. The zero-order valence-electron chi connectivity index (χ0n) is 16.3. The van der Waals surface area contributed by atoms with Crippen LogP contribution < -0.4 is 0 Å². The van der Waals surface area contributed by atoms with Gasteiger partial charge in [0.2, 0.25) is 5.91 Å². The molecule has 4 rings (SSSR count). The van der Waals surface area contributed by atoms with E-state index in [0.29, 0.717) is 6.42 Å². The number of hydrogen-bond acceptors (Lipinski definition) is 4. The van der Waals surface area contributed by atoms with E-state index in [4.69, 9.17) is 4.74 Å². The van der Waals surface area contributed by atoms with Crippen LogP contribution in [0.2, 0.25) is 0 Å². The Morgan fingerprint density at radius 1 is 1.21 bits per heavy atom. The average Bonchev–Trinajstić information content (AvgIpc) is 3.27. The Morgan fingerprint density at radius 3 is 2.57 bits per heavy atom. The van der Waals surface area contributed by atoms with E-state index in [0.717, 1.165) is 24.8 Å². The van der Waals surface area contributed by atoms with Crippen molar-refractivity contribution in [3.05, 3.63) is 35.6 Å². The number of esters is 1. The highest BCUT2D eigenvalue weighted by molar-refractivity contribution is 6.19. The van der Waals surface area contributed by atoms with E-state index in [9.17, 15) is 18.8 Å². The number of likely N-dealkylation sites (tertiary alicyclic amines) is 1. The molecular formula is C22H26FNO4. The molecular weight excluding hydrogens is 361 g/mol. The lowest BCUT2D eigenvalue weighted by Crippen LogP contribution is -2.68. The SMILES string of the molecule is CCOC(=O)C1C(=O)C2C3CCC(C3)C2(CC)N(Cc2ccc(F)cc2)C1=O. The van der Waals surface area contributed by atoms with Gasteiger partial charge in [-0.2, -0.15) is 0 Å². The number of ketones is 1. The van der Waals surface area contributed by atoms with Crippen LogP contribution in [-0.2, 0) is 25.7 Å². The summed E-state index contributed by atoms with van der Waals surface area (Å²) in [6.45, 7) is 4.09. The summed E-state index contributed by atoms with van der Waals surface area (Å²) in [6, 6.07) is 6.05. The summed E-state index contributed by atoms with van der Waals surface area (Å²) in [5, 5.41) is 0. The molecule has 1 amide bonds. The van der Waals surface area contributed by atoms with Gasteiger partial charge in [0.1, 0.15) is 5.82 Å². The molecule has 6 heteroatoms. The number of Topliss-reactive ketones (excluding diaryl/α,β-unsaturated/α-hetero) is 1. The van der Waals surface area contributed by atoms with Gasteiger partial charge in [-0.05, 0) is 62.1 Å². The lowest BCUT2D eigenvalue weighted by atomic mass is 9.63. The van der Waals surface area contributed by atoms with Crippen molar-refractivity contribution in [3.8, 4) is 0 Å². The molecule has 0 aromatic heterocycles. The highest BCUT2D eigenvalue weighted by Crippen LogP contribution is 2.61. The summed E-state index contributed by atoms with van der Waals surface area (Å²) in [5.74, 6) is -2.99. The Hall–Kier alpha value is -2.24. The van der Waals surface area contributed by atoms with E-state index in [1.807, 2.05) is 6.92 Å². The third-order valence-corrected chi connectivity index (χ3v) is 7.14. The van der Waals surface area contributed by atoms with Crippen molar-refractivity contribution in [1.29, 1.82) is 0 Å². The Labute approximate surface area is 164 Å². The first-order valence-electron chi connectivity index (χ1n) is 10.2. The number of carbonyl (C=O) groups excluding carboxylic acids is 3. The summed E-state index contributed by atoms with van der Waals surface area (Å²) in [6.07, 6.45) is 3.57. The summed E-state index contributed by atoms with van der Waals surface area (Å²) in [4.78, 5) is 41.0. The van der Waals surface area contributed by atoms with Crippen molar-refractivity contribution in [3.63, 3.8) is 0 Å². The largest absolute Gasteiger partial charge is 0.465 e. The van der Waals surface area contributed by atoms with Crippen LogP contribution in [-0.4, -0.2) is 34.7 Å². The van der Waals surface area contributed by atoms with Gasteiger partial charge in [-0.15, -0.1) is 0 Å². The summed E-state index contributed by atoms with van der Waals surface area (Å²) >= 11 is 0. The van der Waals surface area contributed by atoms with Crippen molar-refractivity contribution < 1.29 is 23.5 Å². The summed E-state index contributed by atoms with van der Waals surface area (Å²) < 4.78 is 18.4. The van der Waals surface area contributed by atoms with Crippen molar-refractivity contribution in [2.45, 2.75) is 51.6 Å². The summed E-state index contributed by atoms with van der Waals surface area (Å²) in [7, 11) is 0. The predicted molar refractivity (Wildman–Crippen MR) is 99.4 cm³/mol. The Balaban J connectivity index is 1.77. The van der Waals surface area contributed by atoms with Crippen LogP contribution >= 0.6 is 0 Å². The summed E-state index contributed by atoms with van der Waals surface area (Å²) in [5.41, 5.74) is 0.245. The normalized spacial score (nSPS) is 33.9. The molecule has 150 valence electrons. The van der Waals surface area contributed by atoms with Crippen LogP contribution in [0.5, 0.6) is 0 Å². The fourth-order valence-electron chi connectivity index (χ4n) is 6.10. The maximum Gasteiger partial charge on any atom is 0.326 e. The van der Waals surface area contributed by atoms with Gasteiger partial charge in [-0.1, -0.05) is 19.1 Å². The van der Waals surface area contributed by atoms with E-state index >= 15 is 0 Å². The minimum absolute atomic E-state index is 0.128. The number of ether oxygens (including phenoxy) is 1. The molecule has 1 saturated heterocycles. The average molecular weight is 387 g/mol. The van der Waals surface area contributed by atoms with Gasteiger partial charge in [0, 0.05) is 12.5 Å². The zero-order valence-corrected chi connectivity index (χ0v) is 16.3. The number of benzene rings is 1. The fraction of sp³-hybridized carbons (Fsp3) is 0.591. The maximum absolute atomic E-state index is 13.4. The standard InChI is InChI=1S/C22H26FNO4/c1-3-22-15-8-7-14(11-15)18(22)19(25)17(21(27)28-4-2)20(26)24(22)12-13-5-9-16(23)10-6-13/h5-6,9-10,14-15,17-18H,3-4,7-8,11-12H2,1-2H3. The predicted octanol–water partition coefficient (Wildman–Crippen LogP) is 3.11. The molecule has 5 nitrogen and oxygen atoms in total. The third-order valence-electron chi connectivity index (χ3n) is 7.14. The van der Waals surface area contributed by atoms with Crippen molar-refractivity contribution in [1.82, 2.24) is 4.90 Å². The van der Waals surface area contributed by atoms with E-state index in [1.54, 1.807) is 24.0 Å². The topological polar surface area (TPSA) is 63.7 Å². The van der Waals surface area contributed by atoms with Gasteiger partial charge in [0.05, 0.1) is 12.1 Å². The lowest BCUT2D eigenvalue weighted by molar-refractivity contribution is -0.176. The maximum atomic E-state index is 13.4. The molecule has 0 radical (unpaired) electrons.